The Hall–Kier alpha value is -2.55. The van der Waals surface area contributed by atoms with Crippen molar-refractivity contribution in [3.63, 3.8) is 0 Å². The van der Waals surface area contributed by atoms with E-state index in [1.54, 1.807) is 0 Å². The Morgan fingerprint density at radius 2 is 1.73 bits per heavy atom. The van der Waals surface area contributed by atoms with Crippen molar-refractivity contribution in [2.45, 2.75) is 32.6 Å². The van der Waals surface area contributed by atoms with E-state index >= 15 is 0 Å². The molecule has 3 nitrogen and oxygen atoms in total. The van der Waals surface area contributed by atoms with Crippen LogP contribution in [0.3, 0.4) is 0 Å². The molecule has 3 heteroatoms. The molecule has 0 bridgehead atoms. The number of rotatable bonds is 7. The first-order valence-corrected chi connectivity index (χ1v) is 9.39. The van der Waals surface area contributed by atoms with Crippen LogP contribution < -0.4 is 5.32 Å². The number of aryl methyl sites for hydroxylation is 1. The average molecular weight is 348 g/mol. The van der Waals surface area contributed by atoms with Crippen LogP contribution in [0.5, 0.6) is 0 Å². The van der Waals surface area contributed by atoms with Crippen molar-refractivity contribution in [3.05, 3.63) is 71.9 Å². The van der Waals surface area contributed by atoms with Crippen molar-refractivity contribution in [1.29, 1.82) is 0 Å². The number of aromatic nitrogens is 1. The minimum Gasteiger partial charge on any atom is -0.356 e. The lowest BCUT2D eigenvalue weighted by Crippen LogP contribution is -2.29. The van der Waals surface area contributed by atoms with Gasteiger partial charge >= 0.3 is 0 Å². The van der Waals surface area contributed by atoms with Crippen LogP contribution in [-0.2, 0) is 18.3 Å². The van der Waals surface area contributed by atoms with E-state index < -0.39 is 0 Å². The summed E-state index contributed by atoms with van der Waals surface area (Å²) in [6, 6.07) is 18.9. The summed E-state index contributed by atoms with van der Waals surface area (Å²) in [6.07, 6.45) is 3.56. The van der Waals surface area contributed by atoms with Crippen LogP contribution in [0.15, 0.2) is 60.8 Å². The van der Waals surface area contributed by atoms with E-state index in [1.165, 1.54) is 22.0 Å². The number of carbonyl (C=O) groups is 1. The van der Waals surface area contributed by atoms with E-state index in [4.69, 9.17) is 0 Å². The smallest absolute Gasteiger partial charge is 0.220 e. The molecular formula is C23H28N2O. The third kappa shape index (κ3) is 4.34. The van der Waals surface area contributed by atoms with Gasteiger partial charge in [-0.1, -0.05) is 62.4 Å². The highest BCUT2D eigenvalue weighted by Gasteiger charge is 2.21. The molecule has 26 heavy (non-hydrogen) atoms. The summed E-state index contributed by atoms with van der Waals surface area (Å²) in [5, 5.41) is 4.32. The first-order valence-electron chi connectivity index (χ1n) is 9.39. The van der Waals surface area contributed by atoms with Gasteiger partial charge in [-0.15, -0.1) is 0 Å². The van der Waals surface area contributed by atoms with Crippen molar-refractivity contribution >= 4 is 16.8 Å². The Labute approximate surface area is 156 Å². The van der Waals surface area contributed by atoms with Crippen molar-refractivity contribution in [1.82, 2.24) is 9.88 Å². The molecule has 0 fully saturated rings. The number of nitrogens with one attached hydrogen (secondary N) is 1. The molecule has 136 valence electrons. The number of hydrogen-bond acceptors (Lipinski definition) is 1. The first kappa shape index (κ1) is 18.2. The summed E-state index contributed by atoms with van der Waals surface area (Å²) in [7, 11) is 2.07. The van der Waals surface area contributed by atoms with E-state index in [2.05, 4.69) is 85.5 Å². The van der Waals surface area contributed by atoms with Crippen LogP contribution in [0.25, 0.3) is 10.9 Å². The zero-order valence-corrected chi connectivity index (χ0v) is 15.9. The van der Waals surface area contributed by atoms with Crippen LogP contribution in [-0.4, -0.2) is 17.0 Å². The summed E-state index contributed by atoms with van der Waals surface area (Å²) in [5.74, 6) is 0.757. The third-order valence-electron chi connectivity index (χ3n) is 4.83. The third-order valence-corrected chi connectivity index (χ3v) is 4.83. The van der Waals surface area contributed by atoms with E-state index in [1.807, 2.05) is 6.07 Å². The fraction of sp³-hybridized carbons (Fsp3) is 0.348. The maximum absolute atomic E-state index is 12.5. The predicted octanol–water partition coefficient (Wildman–Crippen LogP) is 4.67. The maximum atomic E-state index is 12.5. The van der Waals surface area contributed by atoms with Gasteiger partial charge in [0.05, 0.1) is 0 Å². The molecule has 3 rings (SSSR count). The summed E-state index contributed by atoms with van der Waals surface area (Å²) in [5.41, 5.74) is 3.73. The van der Waals surface area contributed by atoms with Gasteiger partial charge in [0, 0.05) is 37.1 Å². The number of carbonyl (C=O) groups excluding carboxylic acids is 1. The van der Waals surface area contributed by atoms with Gasteiger partial charge in [-0.2, -0.15) is 0 Å². The lowest BCUT2D eigenvalue weighted by Gasteiger charge is -2.17. The quantitative estimate of drug-likeness (QED) is 0.661. The van der Waals surface area contributed by atoms with Gasteiger partial charge in [0.2, 0.25) is 5.91 Å². The van der Waals surface area contributed by atoms with Crippen LogP contribution >= 0.6 is 0 Å². The van der Waals surface area contributed by atoms with E-state index in [0.29, 0.717) is 12.3 Å². The number of amides is 1. The Bertz CT molecular complexity index is 864. The summed E-state index contributed by atoms with van der Waals surface area (Å²) in [6.45, 7) is 4.96. The van der Waals surface area contributed by atoms with Crippen molar-refractivity contribution in [3.8, 4) is 0 Å². The lowest BCUT2D eigenvalue weighted by molar-refractivity contribution is -0.121. The molecule has 0 aliphatic carbocycles. The number of fused-ring (bicyclic) bond motifs is 1. The molecule has 0 aliphatic rings. The molecule has 3 aromatic rings. The highest BCUT2D eigenvalue weighted by atomic mass is 16.1. The first-order chi connectivity index (χ1) is 12.5. The summed E-state index contributed by atoms with van der Waals surface area (Å²) >= 11 is 0. The van der Waals surface area contributed by atoms with Crippen LogP contribution in [0.1, 0.15) is 37.3 Å². The molecule has 1 unspecified atom stereocenters. The van der Waals surface area contributed by atoms with Gasteiger partial charge in [-0.25, -0.2) is 0 Å². The molecule has 0 saturated heterocycles. The molecule has 1 N–H and O–H groups in total. The van der Waals surface area contributed by atoms with E-state index in [9.17, 15) is 4.79 Å². The second-order valence-electron chi connectivity index (χ2n) is 7.50. The SMILES string of the molecule is CC(C)CNC(=O)CC(Cc1ccccc1)c1cn(C)c2ccccc12. The number of benzene rings is 2. The molecule has 0 aliphatic heterocycles. The molecular weight excluding hydrogens is 320 g/mol. The number of para-hydroxylation sites is 1. The second kappa shape index (κ2) is 8.22. The molecule has 0 radical (unpaired) electrons. The summed E-state index contributed by atoms with van der Waals surface area (Å²) < 4.78 is 2.16. The lowest BCUT2D eigenvalue weighted by atomic mass is 9.88. The van der Waals surface area contributed by atoms with Crippen molar-refractivity contribution in [2.24, 2.45) is 13.0 Å². The molecule has 0 saturated carbocycles. The van der Waals surface area contributed by atoms with Gasteiger partial charge in [-0.3, -0.25) is 4.79 Å². The van der Waals surface area contributed by atoms with Gasteiger partial charge < -0.3 is 9.88 Å². The molecule has 1 atom stereocenters. The minimum atomic E-state index is 0.132. The Kier molecular flexibility index (Phi) is 5.77. The van der Waals surface area contributed by atoms with Crippen LogP contribution in [0.4, 0.5) is 0 Å². The highest BCUT2D eigenvalue weighted by Crippen LogP contribution is 2.32. The van der Waals surface area contributed by atoms with Crippen molar-refractivity contribution < 1.29 is 4.79 Å². The largest absolute Gasteiger partial charge is 0.356 e. The minimum absolute atomic E-state index is 0.132. The van der Waals surface area contributed by atoms with Gasteiger partial charge in [0.25, 0.3) is 0 Å². The Balaban J connectivity index is 1.90. The Morgan fingerprint density at radius 1 is 1.04 bits per heavy atom. The average Bonchev–Trinajstić information content (AvgIpc) is 2.97. The van der Waals surface area contributed by atoms with Gasteiger partial charge in [-0.05, 0) is 35.4 Å². The Morgan fingerprint density at radius 3 is 2.46 bits per heavy atom. The second-order valence-corrected chi connectivity index (χ2v) is 7.50. The van der Waals surface area contributed by atoms with Gasteiger partial charge in [0.1, 0.15) is 0 Å². The van der Waals surface area contributed by atoms with E-state index in [-0.39, 0.29) is 11.8 Å². The molecule has 1 aromatic heterocycles. The molecule has 2 aromatic carbocycles. The fourth-order valence-electron chi connectivity index (χ4n) is 3.50. The van der Waals surface area contributed by atoms with E-state index in [0.717, 1.165) is 13.0 Å². The molecule has 1 amide bonds. The number of hydrogen-bond donors (Lipinski definition) is 1. The molecule has 0 spiro atoms. The summed E-state index contributed by atoms with van der Waals surface area (Å²) in [4.78, 5) is 12.5. The topological polar surface area (TPSA) is 34.0 Å². The monoisotopic (exact) mass is 348 g/mol. The highest BCUT2D eigenvalue weighted by molar-refractivity contribution is 5.86. The number of nitrogens with zero attached hydrogens (tertiary/aromatic N) is 1. The maximum Gasteiger partial charge on any atom is 0.220 e. The zero-order chi connectivity index (χ0) is 18.5. The fourth-order valence-corrected chi connectivity index (χ4v) is 3.50. The standard InChI is InChI=1S/C23H28N2O/c1-17(2)15-24-23(26)14-19(13-18-9-5-4-6-10-18)21-16-25(3)22-12-8-7-11-20(21)22/h4-12,16-17,19H,13-15H2,1-3H3,(H,24,26). The van der Waals surface area contributed by atoms with Gasteiger partial charge in [0.15, 0.2) is 0 Å². The van der Waals surface area contributed by atoms with Crippen molar-refractivity contribution in [2.75, 3.05) is 6.54 Å². The van der Waals surface area contributed by atoms with Crippen LogP contribution in [0, 0.1) is 5.92 Å². The molecule has 1 heterocycles. The normalized spacial score (nSPS) is 12.5. The predicted molar refractivity (Wildman–Crippen MR) is 108 cm³/mol. The zero-order valence-electron chi connectivity index (χ0n) is 15.9. The van der Waals surface area contributed by atoms with Crippen LogP contribution in [0.2, 0.25) is 0 Å².